The fraction of sp³-hybridized carbons (Fsp3) is 0.208. The van der Waals surface area contributed by atoms with Gasteiger partial charge in [-0.05, 0) is 63.1 Å². The number of carbonyl (C=O) groups is 3. The summed E-state index contributed by atoms with van der Waals surface area (Å²) in [4.78, 5) is 38.1. The maximum absolute atomic E-state index is 12.7. The molecule has 0 bridgehead atoms. The maximum Gasteiger partial charge on any atom is 0.256 e. The van der Waals surface area contributed by atoms with Crippen molar-refractivity contribution in [1.29, 1.82) is 5.26 Å². The Morgan fingerprint density at radius 2 is 1.82 bits per heavy atom. The first-order chi connectivity index (χ1) is 15.6. The van der Waals surface area contributed by atoms with E-state index in [1.165, 1.54) is 11.3 Å². The van der Waals surface area contributed by atoms with E-state index in [0.717, 1.165) is 16.1 Å². The number of nitrogens with one attached hydrogen (secondary N) is 2. The van der Waals surface area contributed by atoms with Crippen molar-refractivity contribution in [2.45, 2.75) is 33.1 Å². The molecule has 3 rings (SSSR count). The number of nitrogens with two attached hydrogens (primary N) is 1. The smallest absolute Gasteiger partial charge is 0.256 e. The van der Waals surface area contributed by atoms with Crippen LogP contribution in [0.25, 0.3) is 0 Å². The molecule has 2 aromatic carbocycles. The SMILES string of the molecule is Cc1ncc(NC(=O)c2cc(NC(=O)c3cccc(C(C)(C)C#N)c3)ccc2C)s1.NC=O. The van der Waals surface area contributed by atoms with E-state index < -0.39 is 5.41 Å². The van der Waals surface area contributed by atoms with Gasteiger partial charge >= 0.3 is 0 Å². The molecule has 170 valence electrons. The molecule has 0 fully saturated rings. The summed E-state index contributed by atoms with van der Waals surface area (Å²) >= 11 is 1.40. The molecule has 1 aromatic heterocycles. The van der Waals surface area contributed by atoms with Gasteiger partial charge in [-0.15, -0.1) is 11.3 Å². The molecule has 9 heteroatoms. The normalized spacial score (nSPS) is 10.3. The number of rotatable bonds is 5. The highest BCUT2D eigenvalue weighted by molar-refractivity contribution is 7.15. The molecular weight excluding hydrogens is 438 g/mol. The molecule has 0 atom stereocenters. The molecule has 33 heavy (non-hydrogen) atoms. The summed E-state index contributed by atoms with van der Waals surface area (Å²) in [5, 5.41) is 16.5. The van der Waals surface area contributed by atoms with Gasteiger partial charge in [0.1, 0.15) is 5.00 Å². The average Bonchev–Trinajstić information content (AvgIpc) is 3.20. The number of carbonyl (C=O) groups excluding carboxylic acids is 3. The van der Waals surface area contributed by atoms with Gasteiger partial charge in [0.25, 0.3) is 11.8 Å². The van der Waals surface area contributed by atoms with Crippen molar-refractivity contribution in [3.05, 3.63) is 75.9 Å². The average molecular weight is 464 g/mol. The van der Waals surface area contributed by atoms with Crippen molar-refractivity contribution in [2.75, 3.05) is 10.6 Å². The van der Waals surface area contributed by atoms with Crippen molar-refractivity contribution in [2.24, 2.45) is 5.73 Å². The lowest BCUT2D eigenvalue weighted by molar-refractivity contribution is -0.106. The fourth-order valence-corrected chi connectivity index (χ4v) is 3.53. The topological polar surface area (TPSA) is 138 Å². The van der Waals surface area contributed by atoms with Gasteiger partial charge in [0.15, 0.2) is 0 Å². The lowest BCUT2D eigenvalue weighted by atomic mass is 9.85. The number of benzene rings is 2. The number of aryl methyl sites for hydroxylation is 2. The Kier molecular flexibility index (Phi) is 8.42. The zero-order valence-electron chi connectivity index (χ0n) is 18.8. The highest BCUT2D eigenvalue weighted by atomic mass is 32.1. The zero-order valence-corrected chi connectivity index (χ0v) is 19.6. The van der Waals surface area contributed by atoms with E-state index in [1.54, 1.807) is 56.4 Å². The summed E-state index contributed by atoms with van der Waals surface area (Å²) in [7, 11) is 0. The number of hydrogen-bond acceptors (Lipinski definition) is 6. The molecule has 0 unspecified atom stereocenters. The van der Waals surface area contributed by atoms with E-state index in [9.17, 15) is 14.9 Å². The highest BCUT2D eigenvalue weighted by Crippen LogP contribution is 2.24. The number of thiazole rings is 1. The number of anilines is 2. The van der Waals surface area contributed by atoms with Crippen LogP contribution in [0.2, 0.25) is 0 Å². The fourth-order valence-electron chi connectivity index (χ4n) is 2.86. The minimum atomic E-state index is -0.694. The number of hydrogen-bond donors (Lipinski definition) is 3. The summed E-state index contributed by atoms with van der Waals surface area (Å²) in [6.07, 6.45) is 1.87. The van der Waals surface area contributed by atoms with Crippen LogP contribution in [-0.4, -0.2) is 23.2 Å². The van der Waals surface area contributed by atoms with Crippen LogP contribution in [0.1, 0.15) is 50.7 Å². The summed E-state index contributed by atoms with van der Waals surface area (Å²) in [6, 6.07) is 14.4. The van der Waals surface area contributed by atoms with Crippen LogP contribution >= 0.6 is 11.3 Å². The molecule has 0 radical (unpaired) electrons. The Labute approximate surface area is 196 Å². The maximum atomic E-state index is 12.7. The van der Waals surface area contributed by atoms with Crippen LogP contribution in [0, 0.1) is 25.2 Å². The number of primary amides is 1. The van der Waals surface area contributed by atoms with E-state index in [2.05, 4.69) is 27.4 Å². The van der Waals surface area contributed by atoms with Gasteiger partial charge in [-0.1, -0.05) is 18.2 Å². The lowest BCUT2D eigenvalue weighted by Gasteiger charge is -2.16. The molecule has 0 aliphatic rings. The van der Waals surface area contributed by atoms with E-state index in [-0.39, 0.29) is 18.2 Å². The van der Waals surface area contributed by atoms with Crippen molar-refractivity contribution in [3.8, 4) is 6.07 Å². The third-order valence-electron chi connectivity index (χ3n) is 4.72. The number of nitriles is 1. The monoisotopic (exact) mass is 463 g/mol. The van der Waals surface area contributed by atoms with Crippen LogP contribution in [0.3, 0.4) is 0 Å². The molecule has 0 saturated heterocycles. The third-order valence-corrected chi connectivity index (χ3v) is 5.55. The van der Waals surface area contributed by atoms with E-state index >= 15 is 0 Å². The van der Waals surface area contributed by atoms with Gasteiger partial charge in [-0.3, -0.25) is 14.4 Å². The molecule has 0 aliphatic heterocycles. The third kappa shape index (κ3) is 6.72. The van der Waals surface area contributed by atoms with Crippen LogP contribution in [0.15, 0.2) is 48.7 Å². The minimum absolute atomic E-state index is 0.250. The van der Waals surface area contributed by atoms with Crippen LogP contribution < -0.4 is 16.4 Å². The van der Waals surface area contributed by atoms with Crippen molar-refractivity contribution < 1.29 is 14.4 Å². The van der Waals surface area contributed by atoms with Gasteiger partial charge in [-0.25, -0.2) is 4.98 Å². The Morgan fingerprint density at radius 3 is 2.42 bits per heavy atom. The Morgan fingerprint density at radius 1 is 1.12 bits per heavy atom. The summed E-state index contributed by atoms with van der Waals surface area (Å²) in [5.74, 6) is -0.566. The predicted octanol–water partition coefficient (Wildman–Crippen LogP) is 4.17. The van der Waals surface area contributed by atoms with Crippen LogP contribution in [0.4, 0.5) is 10.7 Å². The summed E-state index contributed by atoms with van der Waals surface area (Å²) < 4.78 is 0. The molecule has 4 N–H and O–H groups in total. The van der Waals surface area contributed by atoms with Gasteiger partial charge < -0.3 is 16.4 Å². The molecular formula is C24H25N5O3S. The highest BCUT2D eigenvalue weighted by Gasteiger charge is 2.21. The zero-order chi connectivity index (χ0) is 24.6. The van der Waals surface area contributed by atoms with Crippen molar-refractivity contribution >= 4 is 40.2 Å². The Bertz CT molecular complexity index is 1210. The molecule has 8 nitrogen and oxygen atoms in total. The lowest BCUT2D eigenvalue weighted by Crippen LogP contribution is -2.17. The molecule has 1 heterocycles. The second-order valence-corrected chi connectivity index (χ2v) is 8.87. The largest absolute Gasteiger partial charge is 0.372 e. The Balaban J connectivity index is 0.00000122. The van der Waals surface area contributed by atoms with Crippen LogP contribution in [0.5, 0.6) is 0 Å². The molecule has 0 spiro atoms. The van der Waals surface area contributed by atoms with Gasteiger partial charge in [0.2, 0.25) is 6.41 Å². The quantitative estimate of drug-likeness (QED) is 0.488. The van der Waals surface area contributed by atoms with E-state index in [0.29, 0.717) is 21.8 Å². The van der Waals surface area contributed by atoms with E-state index in [4.69, 9.17) is 4.79 Å². The number of nitrogens with zero attached hydrogens (tertiary/aromatic N) is 2. The van der Waals surface area contributed by atoms with Gasteiger partial charge in [0.05, 0.1) is 22.7 Å². The first-order valence-corrected chi connectivity index (χ1v) is 10.8. The summed E-state index contributed by atoms with van der Waals surface area (Å²) in [6.45, 7) is 7.32. The second kappa shape index (κ2) is 11.0. The number of amides is 3. The van der Waals surface area contributed by atoms with E-state index in [1.807, 2.05) is 19.9 Å². The summed E-state index contributed by atoms with van der Waals surface area (Å²) in [5.41, 5.74) is 6.47. The first-order valence-electron chi connectivity index (χ1n) is 9.94. The minimum Gasteiger partial charge on any atom is -0.372 e. The standard InChI is InChI=1S/C23H22N4O2S.CH3NO/c1-14-8-9-18(11-19(14)22(29)27-20-12-25-15(2)30-20)26-21(28)16-6-5-7-17(10-16)23(3,4)13-24;2-1-3/h5-12H,1-4H3,(H,26,28)(H,27,29);1H,(H2,2,3). The van der Waals surface area contributed by atoms with Gasteiger partial charge in [-0.2, -0.15) is 5.26 Å². The Hall–Kier alpha value is -4.03. The molecule has 0 aliphatic carbocycles. The van der Waals surface area contributed by atoms with Crippen molar-refractivity contribution in [3.63, 3.8) is 0 Å². The molecule has 3 aromatic rings. The predicted molar refractivity (Wildman–Crippen MR) is 129 cm³/mol. The molecule has 3 amide bonds. The number of aromatic nitrogens is 1. The first kappa shape index (κ1) is 25.2. The second-order valence-electron chi connectivity index (χ2n) is 7.64. The van der Waals surface area contributed by atoms with Gasteiger partial charge in [0, 0.05) is 16.8 Å². The molecule has 0 saturated carbocycles. The van der Waals surface area contributed by atoms with Crippen molar-refractivity contribution in [1.82, 2.24) is 4.98 Å². The van der Waals surface area contributed by atoms with Crippen LogP contribution in [-0.2, 0) is 10.2 Å².